The molecule has 0 saturated carbocycles. The first kappa shape index (κ1) is 16.4. The minimum atomic E-state index is -4.27. The van der Waals surface area contributed by atoms with Crippen LogP contribution in [0, 0.1) is 12.8 Å². The second kappa shape index (κ2) is 6.21. The average molecular weight is 339 g/mol. The van der Waals surface area contributed by atoms with Gasteiger partial charge < -0.3 is 4.90 Å². The smallest absolute Gasteiger partial charge is 0.338 e. The number of carbonyl (C=O) groups excluding carboxylic acids is 1. The Hall–Kier alpha value is -2.45. The van der Waals surface area contributed by atoms with Gasteiger partial charge in [-0.25, -0.2) is 4.68 Å². The highest BCUT2D eigenvalue weighted by Crippen LogP contribution is 2.33. The molecule has 0 aliphatic carbocycles. The zero-order valence-electron chi connectivity index (χ0n) is 13.0. The predicted octanol–water partition coefficient (Wildman–Crippen LogP) is 2.39. The second-order valence-electron chi connectivity index (χ2n) is 5.89. The van der Waals surface area contributed by atoms with Crippen molar-refractivity contribution < 1.29 is 18.0 Å². The Bertz CT molecular complexity index is 729. The predicted molar refractivity (Wildman–Crippen MR) is 78.6 cm³/mol. The van der Waals surface area contributed by atoms with Crippen molar-refractivity contribution in [3.8, 4) is 5.69 Å². The molecule has 6 nitrogen and oxygen atoms in total. The Labute approximate surface area is 136 Å². The van der Waals surface area contributed by atoms with E-state index < -0.39 is 12.1 Å². The third-order valence-corrected chi connectivity index (χ3v) is 4.21. The van der Waals surface area contributed by atoms with Crippen LogP contribution in [0.3, 0.4) is 0 Å². The number of tetrazole rings is 1. The van der Waals surface area contributed by atoms with E-state index in [0.717, 1.165) is 5.56 Å². The van der Waals surface area contributed by atoms with Crippen molar-refractivity contribution in [1.29, 1.82) is 0 Å². The number of hydrogen-bond acceptors (Lipinski definition) is 4. The molecule has 3 rings (SSSR count). The minimum absolute atomic E-state index is 0.0740. The number of carbonyl (C=O) groups is 1. The highest BCUT2D eigenvalue weighted by atomic mass is 19.4. The Kier molecular flexibility index (Phi) is 4.25. The molecule has 1 aromatic heterocycles. The second-order valence-corrected chi connectivity index (χ2v) is 5.89. The standard InChI is InChI=1S/C15H16F3N5O/c1-10-7-11(4-5-13(10)23-9-19-20-21-23)14(24)22-6-2-3-12(8-22)15(16,17)18/h4-5,7,9,12H,2-3,6,8H2,1H3/t12-/m1/s1. The van der Waals surface area contributed by atoms with Crippen LogP contribution in [-0.4, -0.2) is 50.3 Å². The number of likely N-dealkylation sites (tertiary alicyclic amines) is 1. The lowest BCUT2D eigenvalue weighted by atomic mass is 9.96. The third-order valence-electron chi connectivity index (χ3n) is 4.21. The maximum Gasteiger partial charge on any atom is 0.393 e. The fraction of sp³-hybridized carbons (Fsp3) is 0.467. The number of rotatable bonds is 2. The number of benzene rings is 1. The monoisotopic (exact) mass is 339 g/mol. The fourth-order valence-corrected chi connectivity index (χ4v) is 2.93. The molecular weight excluding hydrogens is 323 g/mol. The average Bonchev–Trinajstić information content (AvgIpc) is 3.07. The summed E-state index contributed by atoms with van der Waals surface area (Å²) in [6.07, 6.45) is -2.40. The van der Waals surface area contributed by atoms with Gasteiger partial charge in [0.1, 0.15) is 6.33 Å². The molecule has 128 valence electrons. The Morgan fingerprint density at radius 2 is 2.12 bits per heavy atom. The van der Waals surface area contributed by atoms with Crippen molar-refractivity contribution in [3.63, 3.8) is 0 Å². The molecule has 24 heavy (non-hydrogen) atoms. The van der Waals surface area contributed by atoms with Crippen molar-refractivity contribution in [1.82, 2.24) is 25.1 Å². The van der Waals surface area contributed by atoms with Crippen LogP contribution >= 0.6 is 0 Å². The summed E-state index contributed by atoms with van der Waals surface area (Å²) in [6.45, 7) is 1.86. The molecule has 9 heteroatoms. The molecule has 1 aliphatic rings. The van der Waals surface area contributed by atoms with Gasteiger partial charge in [0.15, 0.2) is 0 Å². The summed E-state index contributed by atoms with van der Waals surface area (Å²) in [5, 5.41) is 10.9. The van der Waals surface area contributed by atoms with E-state index in [9.17, 15) is 18.0 Å². The van der Waals surface area contributed by atoms with E-state index in [-0.39, 0.29) is 18.9 Å². The van der Waals surface area contributed by atoms with Crippen molar-refractivity contribution in [2.75, 3.05) is 13.1 Å². The maximum absolute atomic E-state index is 12.9. The SMILES string of the molecule is Cc1cc(C(=O)N2CCC[C@@H](C(F)(F)F)C2)ccc1-n1cnnn1. The molecule has 1 aliphatic heterocycles. The van der Waals surface area contributed by atoms with E-state index in [1.54, 1.807) is 25.1 Å². The van der Waals surface area contributed by atoms with Crippen LogP contribution in [0.5, 0.6) is 0 Å². The van der Waals surface area contributed by atoms with Crippen molar-refractivity contribution in [2.45, 2.75) is 25.9 Å². The first-order valence-electron chi connectivity index (χ1n) is 7.56. The summed E-state index contributed by atoms with van der Waals surface area (Å²) in [6, 6.07) is 4.92. The molecule has 1 fully saturated rings. The molecule has 0 spiro atoms. The lowest BCUT2D eigenvalue weighted by molar-refractivity contribution is -0.184. The van der Waals surface area contributed by atoms with Crippen LogP contribution in [0.2, 0.25) is 0 Å². The Morgan fingerprint density at radius 3 is 2.75 bits per heavy atom. The molecule has 2 aromatic rings. The number of aryl methyl sites for hydroxylation is 1. The lowest BCUT2D eigenvalue weighted by Crippen LogP contribution is -2.44. The van der Waals surface area contributed by atoms with Gasteiger partial charge in [-0.3, -0.25) is 4.79 Å². The van der Waals surface area contributed by atoms with Gasteiger partial charge in [-0.1, -0.05) is 0 Å². The van der Waals surface area contributed by atoms with Crippen LogP contribution in [0.15, 0.2) is 24.5 Å². The first-order valence-corrected chi connectivity index (χ1v) is 7.56. The topological polar surface area (TPSA) is 63.9 Å². The number of aromatic nitrogens is 4. The van der Waals surface area contributed by atoms with Crippen LogP contribution in [0.1, 0.15) is 28.8 Å². The normalized spacial score (nSPS) is 18.7. The molecule has 1 amide bonds. The van der Waals surface area contributed by atoms with Gasteiger partial charge in [0.25, 0.3) is 5.91 Å². The molecule has 2 heterocycles. The molecule has 0 unspecified atom stereocenters. The van der Waals surface area contributed by atoms with Gasteiger partial charge in [0, 0.05) is 18.7 Å². The van der Waals surface area contributed by atoms with Gasteiger partial charge >= 0.3 is 6.18 Å². The minimum Gasteiger partial charge on any atom is -0.338 e. The lowest BCUT2D eigenvalue weighted by Gasteiger charge is -2.33. The third kappa shape index (κ3) is 3.24. The zero-order valence-corrected chi connectivity index (χ0v) is 13.0. The van der Waals surface area contributed by atoms with Gasteiger partial charge in [0.2, 0.25) is 0 Å². The number of piperidine rings is 1. The number of halogens is 3. The fourth-order valence-electron chi connectivity index (χ4n) is 2.93. The van der Waals surface area contributed by atoms with E-state index in [0.29, 0.717) is 24.2 Å². The zero-order chi connectivity index (χ0) is 17.3. The van der Waals surface area contributed by atoms with Crippen LogP contribution < -0.4 is 0 Å². The molecule has 0 N–H and O–H groups in total. The summed E-state index contributed by atoms with van der Waals surface area (Å²) in [4.78, 5) is 13.8. The molecule has 1 atom stereocenters. The summed E-state index contributed by atoms with van der Waals surface area (Å²) < 4.78 is 40.1. The van der Waals surface area contributed by atoms with Gasteiger partial charge in [-0.2, -0.15) is 13.2 Å². The van der Waals surface area contributed by atoms with Gasteiger partial charge in [-0.15, -0.1) is 5.10 Å². The maximum atomic E-state index is 12.9. The van der Waals surface area contributed by atoms with E-state index in [4.69, 9.17) is 0 Å². The summed E-state index contributed by atoms with van der Waals surface area (Å²) in [5.74, 6) is -1.83. The summed E-state index contributed by atoms with van der Waals surface area (Å²) in [7, 11) is 0. The number of amides is 1. The van der Waals surface area contributed by atoms with E-state index in [1.165, 1.54) is 15.9 Å². The van der Waals surface area contributed by atoms with Gasteiger partial charge in [-0.05, 0) is 54.0 Å². The highest BCUT2D eigenvalue weighted by molar-refractivity contribution is 5.94. The van der Waals surface area contributed by atoms with Crippen LogP contribution in [-0.2, 0) is 0 Å². The molecule has 0 radical (unpaired) electrons. The number of nitrogens with zero attached hydrogens (tertiary/aromatic N) is 5. The van der Waals surface area contributed by atoms with Crippen molar-refractivity contribution in [2.24, 2.45) is 5.92 Å². The molecule has 1 saturated heterocycles. The quantitative estimate of drug-likeness (QED) is 0.843. The molecule has 1 aromatic carbocycles. The number of hydrogen-bond donors (Lipinski definition) is 0. The summed E-state index contributed by atoms with van der Waals surface area (Å²) >= 11 is 0. The summed E-state index contributed by atoms with van der Waals surface area (Å²) in [5.41, 5.74) is 1.84. The first-order chi connectivity index (χ1) is 11.4. The van der Waals surface area contributed by atoms with E-state index >= 15 is 0 Å². The number of alkyl halides is 3. The Morgan fingerprint density at radius 1 is 1.33 bits per heavy atom. The van der Waals surface area contributed by atoms with E-state index in [2.05, 4.69) is 15.5 Å². The van der Waals surface area contributed by atoms with Crippen molar-refractivity contribution >= 4 is 5.91 Å². The largest absolute Gasteiger partial charge is 0.393 e. The van der Waals surface area contributed by atoms with Crippen LogP contribution in [0.25, 0.3) is 5.69 Å². The molecular formula is C15H16F3N5O. The van der Waals surface area contributed by atoms with Crippen LogP contribution in [0.4, 0.5) is 13.2 Å². The van der Waals surface area contributed by atoms with E-state index in [1.807, 2.05) is 0 Å². The highest BCUT2D eigenvalue weighted by Gasteiger charge is 2.42. The molecule has 0 bridgehead atoms. The Balaban J connectivity index is 1.79. The van der Waals surface area contributed by atoms with Gasteiger partial charge in [0.05, 0.1) is 11.6 Å². The van der Waals surface area contributed by atoms with Crippen molar-refractivity contribution in [3.05, 3.63) is 35.7 Å².